The van der Waals surface area contributed by atoms with Crippen molar-refractivity contribution in [1.29, 1.82) is 0 Å². The van der Waals surface area contributed by atoms with Crippen LogP contribution < -0.4 is 0 Å². The lowest BCUT2D eigenvalue weighted by molar-refractivity contribution is -0.167. The van der Waals surface area contributed by atoms with Crippen LogP contribution in [0.2, 0.25) is 0 Å². The number of hydrogen-bond acceptors (Lipinski definition) is 6. The highest BCUT2D eigenvalue weighted by atomic mass is 16.6. The Balaban J connectivity index is 4.45. The predicted molar refractivity (Wildman–Crippen MR) is 307 cm³/mol. The first-order chi connectivity index (χ1) is 35.0. The molecule has 0 N–H and O–H groups in total. The molecule has 0 radical (unpaired) electrons. The monoisotopic (exact) mass is 989 g/mol. The summed E-state index contributed by atoms with van der Waals surface area (Å²) in [5, 5.41) is 0. The lowest BCUT2D eigenvalue weighted by Gasteiger charge is -2.18. The molecule has 0 rings (SSSR count). The Hall–Kier alpha value is -3.41. The van der Waals surface area contributed by atoms with Crippen LogP contribution in [0.1, 0.15) is 290 Å². The summed E-state index contributed by atoms with van der Waals surface area (Å²) in [6.07, 6.45) is 77.2. The molecule has 0 saturated heterocycles. The topological polar surface area (TPSA) is 78.9 Å². The summed E-state index contributed by atoms with van der Waals surface area (Å²) in [6, 6.07) is 0. The molecule has 71 heavy (non-hydrogen) atoms. The Labute approximate surface area is 439 Å². The minimum Gasteiger partial charge on any atom is -0.462 e. The van der Waals surface area contributed by atoms with Gasteiger partial charge in [-0.3, -0.25) is 14.4 Å². The van der Waals surface area contributed by atoms with Gasteiger partial charge in [0.1, 0.15) is 13.2 Å². The van der Waals surface area contributed by atoms with Gasteiger partial charge in [0, 0.05) is 19.3 Å². The lowest BCUT2D eigenvalue weighted by Crippen LogP contribution is -2.30. The first-order valence-electron chi connectivity index (χ1n) is 30.1. The molecule has 0 saturated carbocycles. The van der Waals surface area contributed by atoms with Crippen molar-refractivity contribution in [2.45, 2.75) is 297 Å². The molecule has 0 heterocycles. The van der Waals surface area contributed by atoms with Gasteiger partial charge in [-0.25, -0.2) is 0 Å². The summed E-state index contributed by atoms with van der Waals surface area (Å²) >= 11 is 0. The average molecular weight is 990 g/mol. The fourth-order valence-corrected chi connectivity index (χ4v) is 8.34. The first-order valence-corrected chi connectivity index (χ1v) is 30.1. The Morgan fingerprint density at radius 3 is 0.887 bits per heavy atom. The Morgan fingerprint density at radius 1 is 0.296 bits per heavy atom. The molecule has 408 valence electrons. The van der Waals surface area contributed by atoms with E-state index in [-0.39, 0.29) is 37.5 Å². The normalized spacial score (nSPS) is 12.7. The van der Waals surface area contributed by atoms with Gasteiger partial charge < -0.3 is 14.2 Å². The molecule has 0 bridgehead atoms. The smallest absolute Gasteiger partial charge is 0.306 e. The highest BCUT2D eigenvalue weighted by molar-refractivity contribution is 5.71. The van der Waals surface area contributed by atoms with E-state index in [4.69, 9.17) is 14.2 Å². The molecule has 0 aromatic rings. The summed E-state index contributed by atoms with van der Waals surface area (Å²) < 4.78 is 16.9. The van der Waals surface area contributed by atoms with E-state index in [0.29, 0.717) is 12.8 Å². The van der Waals surface area contributed by atoms with E-state index in [0.717, 1.165) is 103 Å². The minimum atomic E-state index is -0.799. The van der Waals surface area contributed by atoms with Crippen molar-refractivity contribution in [2.24, 2.45) is 0 Å². The Morgan fingerprint density at radius 2 is 0.549 bits per heavy atom. The second-order valence-corrected chi connectivity index (χ2v) is 19.9. The maximum atomic E-state index is 12.9. The highest BCUT2D eigenvalue weighted by Gasteiger charge is 2.19. The van der Waals surface area contributed by atoms with E-state index in [1.807, 2.05) is 0 Å². The largest absolute Gasteiger partial charge is 0.462 e. The number of unbranched alkanes of at least 4 members (excludes halogenated alkanes) is 29. The molecule has 0 aliphatic carbocycles. The van der Waals surface area contributed by atoms with Crippen LogP contribution >= 0.6 is 0 Å². The number of ether oxygens (including phenoxy) is 3. The van der Waals surface area contributed by atoms with Crippen LogP contribution in [0, 0.1) is 0 Å². The van der Waals surface area contributed by atoms with Crippen LogP contribution in [0.5, 0.6) is 0 Å². The molecule has 0 aliphatic heterocycles. The van der Waals surface area contributed by atoms with E-state index in [2.05, 4.69) is 106 Å². The molecule has 6 nitrogen and oxygen atoms in total. The van der Waals surface area contributed by atoms with Crippen LogP contribution in [-0.4, -0.2) is 37.2 Å². The van der Waals surface area contributed by atoms with Crippen molar-refractivity contribution in [1.82, 2.24) is 0 Å². The molecule has 0 aromatic carbocycles. The minimum absolute atomic E-state index is 0.0930. The number of allylic oxidation sites excluding steroid dienone is 14. The van der Waals surface area contributed by atoms with Crippen molar-refractivity contribution >= 4 is 17.9 Å². The van der Waals surface area contributed by atoms with E-state index in [1.165, 1.54) is 148 Å². The van der Waals surface area contributed by atoms with Crippen molar-refractivity contribution in [3.63, 3.8) is 0 Å². The third kappa shape index (κ3) is 57.4. The lowest BCUT2D eigenvalue weighted by atomic mass is 10.1. The van der Waals surface area contributed by atoms with Gasteiger partial charge >= 0.3 is 17.9 Å². The molecule has 0 aliphatic rings. The van der Waals surface area contributed by atoms with Gasteiger partial charge in [-0.05, 0) is 116 Å². The second-order valence-electron chi connectivity index (χ2n) is 19.9. The third-order valence-corrected chi connectivity index (χ3v) is 12.9. The maximum absolute atomic E-state index is 12.9. The number of hydrogen-bond donors (Lipinski definition) is 0. The highest BCUT2D eigenvalue weighted by Crippen LogP contribution is 2.15. The number of rotatable bonds is 54. The van der Waals surface area contributed by atoms with Crippen molar-refractivity contribution in [3.8, 4) is 0 Å². The quantitative estimate of drug-likeness (QED) is 0.0261. The van der Waals surface area contributed by atoms with Gasteiger partial charge in [-0.2, -0.15) is 0 Å². The average Bonchev–Trinajstić information content (AvgIpc) is 3.37. The number of esters is 3. The van der Waals surface area contributed by atoms with Crippen molar-refractivity contribution in [3.05, 3.63) is 85.1 Å². The molecule has 0 spiro atoms. The molecular weight excluding hydrogens is 877 g/mol. The van der Waals surface area contributed by atoms with E-state index in [9.17, 15) is 14.4 Å². The standard InChI is InChI=1S/C65H112O6/c1-4-7-10-13-16-19-22-25-28-30-32-34-37-40-43-46-49-52-55-58-64(67)70-61-62(60-69-63(66)57-54-51-48-45-42-39-36-27-24-21-18-15-12-9-6-3)71-65(68)59-56-53-50-47-44-41-38-35-33-31-29-26-23-20-17-14-11-8-5-2/h8,11,17,20,25-29,33,35-36,41,44,62H,4-7,9-10,12-16,18-19,21-24,30-32,34,37-40,42-43,45-61H2,1-3H3/b11-8-,20-17-,28-25-,29-26-,35-33-,36-27-,44-41-/t62-/m0/s1. The van der Waals surface area contributed by atoms with E-state index < -0.39 is 6.10 Å². The zero-order valence-corrected chi connectivity index (χ0v) is 46.7. The fourth-order valence-electron chi connectivity index (χ4n) is 8.34. The zero-order chi connectivity index (χ0) is 51.4. The Kier molecular flexibility index (Phi) is 56.3. The van der Waals surface area contributed by atoms with Crippen molar-refractivity contribution < 1.29 is 28.6 Å². The molecule has 0 aromatic heterocycles. The summed E-state index contributed by atoms with van der Waals surface area (Å²) in [4.78, 5) is 38.2. The van der Waals surface area contributed by atoms with Gasteiger partial charge in [-0.1, -0.05) is 241 Å². The summed E-state index contributed by atoms with van der Waals surface area (Å²) in [6.45, 7) is 6.50. The van der Waals surface area contributed by atoms with Crippen LogP contribution in [0.4, 0.5) is 0 Å². The molecule has 0 fully saturated rings. The van der Waals surface area contributed by atoms with Gasteiger partial charge in [-0.15, -0.1) is 0 Å². The molecule has 1 atom stereocenters. The van der Waals surface area contributed by atoms with E-state index in [1.54, 1.807) is 0 Å². The summed E-state index contributed by atoms with van der Waals surface area (Å²) in [7, 11) is 0. The van der Waals surface area contributed by atoms with Crippen LogP contribution in [0.25, 0.3) is 0 Å². The van der Waals surface area contributed by atoms with E-state index >= 15 is 0 Å². The van der Waals surface area contributed by atoms with Crippen LogP contribution in [0.15, 0.2) is 85.1 Å². The first kappa shape index (κ1) is 67.6. The van der Waals surface area contributed by atoms with Gasteiger partial charge in [0.05, 0.1) is 0 Å². The summed E-state index contributed by atoms with van der Waals surface area (Å²) in [5.41, 5.74) is 0. The van der Waals surface area contributed by atoms with Gasteiger partial charge in [0.15, 0.2) is 6.10 Å². The number of carbonyl (C=O) groups is 3. The third-order valence-electron chi connectivity index (χ3n) is 12.9. The van der Waals surface area contributed by atoms with Crippen LogP contribution in [-0.2, 0) is 28.6 Å². The second kappa shape index (κ2) is 59.2. The summed E-state index contributed by atoms with van der Waals surface area (Å²) in [5.74, 6) is -0.928. The molecule has 0 amide bonds. The molecule has 0 unspecified atom stereocenters. The van der Waals surface area contributed by atoms with Gasteiger partial charge in [0.25, 0.3) is 0 Å². The Bertz CT molecular complexity index is 1370. The molecule has 6 heteroatoms. The van der Waals surface area contributed by atoms with Crippen molar-refractivity contribution in [2.75, 3.05) is 13.2 Å². The fraction of sp³-hybridized carbons (Fsp3) is 0.738. The zero-order valence-electron chi connectivity index (χ0n) is 46.7. The molecular formula is C65H112O6. The van der Waals surface area contributed by atoms with Crippen LogP contribution in [0.3, 0.4) is 0 Å². The van der Waals surface area contributed by atoms with Gasteiger partial charge in [0.2, 0.25) is 0 Å². The maximum Gasteiger partial charge on any atom is 0.306 e. The SMILES string of the molecule is CC/C=C\C/C=C\C/C=C\C/C=C\C/C=C\CCCCCC(=O)O[C@@H](COC(=O)CCCCCCC/C=C\CCCCCCCC)COC(=O)CCCCCCCCCCC/C=C\CCCCCCCC. The number of carbonyl (C=O) groups excluding carboxylic acids is 3. The predicted octanol–water partition coefficient (Wildman–Crippen LogP) is 20.3.